The number of fused-ring (bicyclic) bond motifs is 1. The van der Waals surface area contributed by atoms with Crippen LogP contribution in [-0.4, -0.2) is 12.5 Å². The molecule has 23 heavy (non-hydrogen) atoms. The van der Waals surface area contributed by atoms with E-state index in [0.717, 1.165) is 21.9 Å². The smallest absolute Gasteiger partial charge is 0.262 e. The van der Waals surface area contributed by atoms with E-state index in [1.54, 1.807) is 0 Å². The van der Waals surface area contributed by atoms with Crippen molar-refractivity contribution >= 4 is 29.4 Å². The maximum Gasteiger partial charge on any atom is 0.262 e. The summed E-state index contributed by atoms with van der Waals surface area (Å²) in [5.41, 5.74) is 1.86. The van der Waals surface area contributed by atoms with Gasteiger partial charge in [-0.05, 0) is 41.8 Å². The summed E-state index contributed by atoms with van der Waals surface area (Å²) in [7, 11) is 0. The van der Waals surface area contributed by atoms with Gasteiger partial charge in [0.2, 0.25) is 0 Å². The van der Waals surface area contributed by atoms with E-state index in [1.165, 1.54) is 11.8 Å². The first kappa shape index (κ1) is 15.7. The molecule has 0 radical (unpaired) electrons. The number of hydrogen-bond donors (Lipinski definition) is 1. The second-order valence-corrected chi connectivity index (χ2v) is 6.92. The molecule has 1 aliphatic heterocycles. The Kier molecular flexibility index (Phi) is 4.72. The van der Waals surface area contributed by atoms with E-state index >= 15 is 0 Å². The van der Waals surface area contributed by atoms with Gasteiger partial charge in [-0.15, -0.1) is 0 Å². The van der Waals surface area contributed by atoms with Crippen LogP contribution in [0.25, 0.3) is 6.08 Å². The molecule has 2 aromatic carbocycles. The van der Waals surface area contributed by atoms with E-state index in [0.29, 0.717) is 17.4 Å². The molecule has 0 atom stereocenters. The maximum atomic E-state index is 12.2. The van der Waals surface area contributed by atoms with Crippen molar-refractivity contribution in [1.29, 1.82) is 0 Å². The van der Waals surface area contributed by atoms with Gasteiger partial charge in [-0.1, -0.05) is 49.9 Å². The van der Waals surface area contributed by atoms with Crippen LogP contribution in [0.5, 0.6) is 5.75 Å². The van der Waals surface area contributed by atoms with Gasteiger partial charge in [0.05, 0.1) is 17.2 Å². The first-order valence-corrected chi connectivity index (χ1v) is 8.46. The molecule has 118 valence electrons. The van der Waals surface area contributed by atoms with Crippen LogP contribution in [-0.2, 0) is 4.79 Å². The molecule has 3 nitrogen and oxygen atoms in total. The minimum atomic E-state index is -0.0613. The lowest BCUT2D eigenvalue weighted by molar-refractivity contribution is -0.112. The second kappa shape index (κ2) is 6.92. The average Bonchev–Trinajstić information content (AvgIpc) is 2.55. The van der Waals surface area contributed by atoms with Gasteiger partial charge in [-0.2, -0.15) is 0 Å². The zero-order chi connectivity index (χ0) is 16.2. The summed E-state index contributed by atoms with van der Waals surface area (Å²) in [6.07, 6.45) is 1.90. The molecule has 0 aromatic heterocycles. The maximum absolute atomic E-state index is 12.2. The van der Waals surface area contributed by atoms with E-state index in [9.17, 15) is 4.79 Å². The van der Waals surface area contributed by atoms with Gasteiger partial charge in [0.15, 0.2) is 0 Å². The van der Waals surface area contributed by atoms with Crippen LogP contribution in [0.4, 0.5) is 5.69 Å². The Labute approximate surface area is 140 Å². The number of nitrogens with one attached hydrogen (secondary N) is 1. The van der Waals surface area contributed by atoms with Crippen LogP contribution >= 0.6 is 11.8 Å². The molecule has 1 N–H and O–H groups in total. The molecule has 0 unspecified atom stereocenters. The molecule has 0 spiro atoms. The Morgan fingerprint density at radius 3 is 2.61 bits per heavy atom. The van der Waals surface area contributed by atoms with Gasteiger partial charge in [0, 0.05) is 4.90 Å². The molecule has 0 saturated heterocycles. The first-order chi connectivity index (χ1) is 11.1. The summed E-state index contributed by atoms with van der Waals surface area (Å²) in [6, 6.07) is 15.6. The molecular weight excluding hydrogens is 306 g/mol. The topological polar surface area (TPSA) is 38.3 Å². The van der Waals surface area contributed by atoms with E-state index in [1.807, 2.05) is 54.6 Å². The highest BCUT2D eigenvalue weighted by Gasteiger charge is 2.20. The van der Waals surface area contributed by atoms with E-state index < -0.39 is 0 Å². The Balaban J connectivity index is 1.75. The molecule has 0 saturated carbocycles. The lowest BCUT2D eigenvalue weighted by Crippen LogP contribution is -2.17. The van der Waals surface area contributed by atoms with Crippen molar-refractivity contribution in [3.8, 4) is 5.75 Å². The average molecular weight is 325 g/mol. The lowest BCUT2D eigenvalue weighted by atomic mass is 10.2. The Morgan fingerprint density at radius 2 is 1.87 bits per heavy atom. The number of amides is 1. The van der Waals surface area contributed by atoms with Crippen LogP contribution < -0.4 is 10.1 Å². The monoisotopic (exact) mass is 325 g/mol. The molecule has 3 rings (SSSR count). The molecule has 0 bridgehead atoms. The van der Waals surface area contributed by atoms with Crippen molar-refractivity contribution in [2.45, 2.75) is 18.7 Å². The molecular formula is C19H19NO2S. The van der Waals surface area contributed by atoms with Crippen molar-refractivity contribution in [2.75, 3.05) is 11.9 Å². The van der Waals surface area contributed by atoms with E-state index in [-0.39, 0.29) is 5.91 Å². The Morgan fingerprint density at radius 1 is 1.13 bits per heavy atom. The largest absolute Gasteiger partial charge is 0.493 e. The molecule has 1 aliphatic rings. The fourth-order valence-corrected chi connectivity index (χ4v) is 3.13. The number of hydrogen-bond acceptors (Lipinski definition) is 3. The predicted octanol–water partition coefficient (Wildman–Crippen LogP) is 4.81. The van der Waals surface area contributed by atoms with Gasteiger partial charge in [0.25, 0.3) is 5.91 Å². The molecule has 4 heteroatoms. The van der Waals surface area contributed by atoms with Gasteiger partial charge in [-0.25, -0.2) is 0 Å². The van der Waals surface area contributed by atoms with Crippen LogP contribution in [0.1, 0.15) is 19.4 Å². The normalized spacial score (nSPS) is 15.4. The number of ether oxygens (including phenoxy) is 1. The summed E-state index contributed by atoms with van der Waals surface area (Å²) in [5, 5.41) is 2.92. The van der Waals surface area contributed by atoms with Crippen LogP contribution in [0.15, 0.2) is 58.3 Å². The van der Waals surface area contributed by atoms with Gasteiger partial charge in [-0.3, -0.25) is 4.79 Å². The molecule has 1 heterocycles. The lowest BCUT2D eigenvalue weighted by Gasteiger charge is -2.18. The quantitative estimate of drug-likeness (QED) is 0.820. The summed E-state index contributed by atoms with van der Waals surface area (Å²) >= 11 is 1.50. The summed E-state index contributed by atoms with van der Waals surface area (Å²) in [4.78, 5) is 13.9. The van der Waals surface area contributed by atoms with Crippen LogP contribution in [0.3, 0.4) is 0 Å². The summed E-state index contributed by atoms with van der Waals surface area (Å²) in [6.45, 7) is 4.94. The Hall–Kier alpha value is -2.20. The molecule has 0 aliphatic carbocycles. The Bertz CT molecular complexity index is 735. The standard InChI is InChI=1S/C19H19NO2S/c1-13(2)12-22-15-9-7-14(8-10-15)11-18-19(21)20-16-5-3-4-6-17(16)23-18/h3-11,13H,12H2,1-2H3,(H,20,21)/b18-11+. The van der Waals surface area contributed by atoms with Crippen molar-refractivity contribution in [3.05, 3.63) is 59.0 Å². The number of anilines is 1. The third kappa shape index (κ3) is 3.96. The third-order valence-corrected chi connectivity index (χ3v) is 4.44. The van der Waals surface area contributed by atoms with E-state index in [4.69, 9.17) is 4.74 Å². The number of rotatable bonds is 4. The molecule has 2 aromatic rings. The first-order valence-electron chi connectivity index (χ1n) is 7.64. The zero-order valence-electron chi connectivity index (χ0n) is 13.2. The SMILES string of the molecule is CC(C)COc1ccc(/C=C2/Sc3ccccc3NC2=O)cc1. The van der Waals surface area contributed by atoms with Crippen molar-refractivity contribution in [1.82, 2.24) is 0 Å². The minimum absolute atomic E-state index is 0.0613. The second-order valence-electron chi connectivity index (χ2n) is 5.83. The highest BCUT2D eigenvalue weighted by atomic mass is 32.2. The number of carbonyl (C=O) groups is 1. The zero-order valence-corrected chi connectivity index (χ0v) is 14.0. The minimum Gasteiger partial charge on any atom is -0.493 e. The van der Waals surface area contributed by atoms with Crippen LogP contribution in [0, 0.1) is 5.92 Å². The van der Waals surface area contributed by atoms with E-state index in [2.05, 4.69) is 19.2 Å². The van der Waals surface area contributed by atoms with Gasteiger partial charge in [0.1, 0.15) is 5.75 Å². The summed E-state index contributed by atoms with van der Waals surface area (Å²) in [5.74, 6) is 1.29. The molecule has 1 amide bonds. The van der Waals surface area contributed by atoms with Gasteiger partial charge >= 0.3 is 0 Å². The fourth-order valence-electron chi connectivity index (χ4n) is 2.18. The molecule has 0 fully saturated rings. The summed E-state index contributed by atoms with van der Waals surface area (Å²) < 4.78 is 5.67. The number of benzene rings is 2. The third-order valence-electron chi connectivity index (χ3n) is 3.34. The van der Waals surface area contributed by atoms with Crippen molar-refractivity contribution < 1.29 is 9.53 Å². The van der Waals surface area contributed by atoms with Crippen LogP contribution in [0.2, 0.25) is 0 Å². The highest BCUT2D eigenvalue weighted by molar-refractivity contribution is 8.04. The number of carbonyl (C=O) groups excluding carboxylic acids is 1. The number of para-hydroxylation sites is 1. The fraction of sp³-hybridized carbons (Fsp3) is 0.211. The van der Waals surface area contributed by atoms with Crippen molar-refractivity contribution in [3.63, 3.8) is 0 Å². The predicted molar refractivity (Wildman–Crippen MR) is 95.7 cm³/mol. The number of thioether (sulfide) groups is 1. The van der Waals surface area contributed by atoms with Gasteiger partial charge < -0.3 is 10.1 Å². The van der Waals surface area contributed by atoms with Crippen molar-refractivity contribution in [2.24, 2.45) is 5.92 Å². The highest BCUT2D eigenvalue weighted by Crippen LogP contribution is 2.38.